The van der Waals surface area contributed by atoms with Gasteiger partial charge < -0.3 is 10.0 Å². The monoisotopic (exact) mass is 350 g/mol. The number of hydrogen-bond donors (Lipinski definition) is 1. The maximum absolute atomic E-state index is 9.56. The smallest absolute Gasteiger partial charge is 0.164 e. The number of β-amino-alcohol motifs (C(OH)–C–C–N with tert-alkyl or cyclic N) is 1. The number of aliphatic hydroxyl groups is 1. The summed E-state index contributed by atoms with van der Waals surface area (Å²) in [5, 5.41) is 9.56. The minimum Gasteiger partial charge on any atom is -0.370 e. The average molecular weight is 351 g/mol. The molecule has 0 aromatic carbocycles. The van der Waals surface area contributed by atoms with E-state index in [1.54, 1.807) is 0 Å². The van der Waals surface area contributed by atoms with E-state index in [0.29, 0.717) is 6.54 Å². The molecule has 0 radical (unpaired) electrons. The standard InChI is InChI=1S/C22H42N2O/c1-3-5-6-7-8-9-10-11-12-13-14-15-16-17-18-19-21-23-22(25)20-24(21)4-2/h18-19,22,25H,3-17,20H2,1-2H3. The second-order valence-electron chi connectivity index (χ2n) is 7.44. The molecule has 146 valence electrons. The second kappa shape index (κ2) is 15.4. The molecule has 1 heterocycles. The molecule has 0 fully saturated rings. The highest BCUT2D eigenvalue weighted by atomic mass is 16.3. The molecule has 0 aromatic rings. The predicted octanol–water partition coefficient (Wildman–Crippen LogP) is 6.08. The SMILES string of the molecule is CCCCCCCCCCCCCCCC=CC1=NC(O)CN1CC. The molecule has 0 amide bonds. The highest BCUT2D eigenvalue weighted by molar-refractivity contribution is 5.94. The van der Waals surface area contributed by atoms with Gasteiger partial charge in [-0.15, -0.1) is 0 Å². The van der Waals surface area contributed by atoms with Crippen molar-refractivity contribution in [3.8, 4) is 0 Å². The van der Waals surface area contributed by atoms with E-state index in [9.17, 15) is 5.11 Å². The average Bonchev–Trinajstić information content (AvgIpc) is 2.98. The molecular weight excluding hydrogens is 308 g/mol. The fraction of sp³-hybridized carbons (Fsp3) is 0.864. The summed E-state index contributed by atoms with van der Waals surface area (Å²) in [6.45, 7) is 5.95. The highest BCUT2D eigenvalue weighted by Crippen LogP contribution is 2.13. The Morgan fingerprint density at radius 3 is 1.92 bits per heavy atom. The molecule has 1 unspecified atom stereocenters. The van der Waals surface area contributed by atoms with Gasteiger partial charge in [-0.1, -0.05) is 90.0 Å². The van der Waals surface area contributed by atoms with Crippen LogP contribution in [0.4, 0.5) is 0 Å². The van der Waals surface area contributed by atoms with E-state index in [1.165, 1.54) is 83.5 Å². The molecule has 3 heteroatoms. The summed E-state index contributed by atoms with van der Waals surface area (Å²) in [6, 6.07) is 0. The first-order valence-electron chi connectivity index (χ1n) is 10.9. The molecule has 1 aliphatic rings. The van der Waals surface area contributed by atoms with Crippen LogP contribution in [0.25, 0.3) is 0 Å². The van der Waals surface area contributed by atoms with Crippen LogP contribution in [-0.4, -0.2) is 35.2 Å². The lowest BCUT2D eigenvalue weighted by Gasteiger charge is -2.15. The summed E-state index contributed by atoms with van der Waals surface area (Å²) in [4.78, 5) is 6.39. The van der Waals surface area contributed by atoms with Crippen LogP contribution >= 0.6 is 0 Å². The molecule has 0 aliphatic carbocycles. The zero-order valence-electron chi connectivity index (χ0n) is 16.9. The first-order chi connectivity index (χ1) is 12.3. The minimum absolute atomic E-state index is 0.532. The van der Waals surface area contributed by atoms with Crippen molar-refractivity contribution in [2.45, 2.75) is 110 Å². The summed E-state index contributed by atoms with van der Waals surface area (Å²) in [5.41, 5.74) is 0. The van der Waals surface area contributed by atoms with Crippen LogP contribution in [-0.2, 0) is 0 Å². The quantitative estimate of drug-likeness (QED) is 0.343. The number of aliphatic imine (C=N–C) groups is 1. The van der Waals surface area contributed by atoms with Gasteiger partial charge in [0, 0.05) is 6.54 Å². The van der Waals surface area contributed by atoms with Crippen LogP contribution in [0.1, 0.15) is 104 Å². The van der Waals surface area contributed by atoms with Crippen molar-refractivity contribution in [3.63, 3.8) is 0 Å². The summed E-state index contributed by atoms with van der Waals surface area (Å²) >= 11 is 0. The van der Waals surface area contributed by atoms with Crippen molar-refractivity contribution in [2.24, 2.45) is 4.99 Å². The number of allylic oxidation sites excluding steroid dienone is 1. The Morgan fingerprint density at radius 1 is 0.880 bits per heavy atom. The highest BCUT2D eigenvalue weighted by Gasteiger charge is 2.19. The van der Waals surface area contributed by atoms with E-state index in [2.05, 4.69) is 35.9 Å². The van der Waals surface area contributed by atoms with Crippen LogP contribution < -0.4 is 0 Å². The van der Waals surface area contributed by atoms with Gasteiger partial charge in [0.1, 0.15) is 5.84 Å². The van der Waals surface area contributed by atoms with Crippen molar-refractivity contribution >= 4 is 5.84 Å². The summed E-state index contributed by atoms with van der Waals surface area (Å²) < 4.78 is 0. The van der Waals surface area contributed by atoms with Gasteiger partial charge in [0.05, 0.1) is 6.54 Å². The third-order valence-corrected chi connectivity index (χ3v) is 5.11. The van der Waals surface area contributed by atoms with Gasteiger partial charge in [0.15, 0.2) is 6.23 Å². The third-order valence-electron chi connectivity index (χ3n) is 5.11. The number of aliphatic hydroxyl groups excluding tert-OH is 1. The molecule has 1 atom stereocenters. The Morgan fingerprint density at radius 2 is 1.40 bits per heavy atom. The van der Waals surface area contributed by atoms with Gasteiger partial charge in [-0.3, -0.25) is 0 Å². The van der Waals surface area contributed by atoms with E-state index >= 15 is 0 Å². The van der Waals surface area contributed by atoms with E-state index in [0.717, 1.165) is 18.8 Å². The van der Waals surface area contributed by atoms with Crippen molar-refractivity contribution < 1.29 is 5.11 Å². The Labute approximate surface area is 156 Å². The maximum atomic E-state index is 9.56. The first-order valence-corrected chi connectivity index (χ1v) is 10.9. The summed E-state index contributed by atoms with van der Waals surface area (Å²) in [6.07, 6.45) is 23.2. The first kappa shape index (κ1) is 22.2. The van der Waals surface area contributed by atoms with E-state index in [-0.39, 0.29) is 0 Å². The second-order valence-corrected chi connectivity index (χ2v) is 7.44. The number of nitrogens with zero attached hydrogens (tertiary/aromatic N) is 2. The Hall–Kier alpha value is -0.830. The lowest BCUT2D eigenvalue weighted by Crippen LogP contribution is -2.27. The topological polar surface area (TPSA) is 35.8 Å². The molecule has 1 rings (SSSR count). The van der Waals surface area contributed by atoms with Crippen molar-refractivity contribution in [1.29, 1.82) is 0 Å². The molecule has 1 N–H and O–H groups in total. The fourth-order valence-electron chi connectivity index (χ4n) is 3.47. The number of amidine groups is 1. The largest absolute Gasteiger partial charge is 0.370 e. The Kier molecular flexibility index (Phi) is 13.7. The van der Waals surface area contributed by atoms with E-state index in [4.69, 9.17) is 0 Å². The van der Waals surface area contributed by atoms with Gasteiger partial charge in [-0.25, -0.2) is 4.99 Å². The fourth-order valence-corrected chi connectivity index (χ4v) is 3.47. The molecule has 0 spiro atoms. The number of likely N-dealkylation sites (N-methyl/N-ethyl adjacent to an activating group) is 1. The molecule has 25 heavy (non-hydrogen) atoms. The Balaban J connectivity index is 1.85. The van der Waals surface area contributed by atoms with Crippen molar-refractivity contribution in [2.75, 3.05) is 13.1 Å². The van der Waals surface area contributed by atoms with Crippen molar-refractivity contribution in [1.82, 2.24) is 4.90 Å². The molecular formula is C22H42N2O. The third kappa shape index (κ3) is 11.4. The van der Waals surface area contributed by atoms with Gasteiger partial charge in [0.25, 0.3) is 0 Å². The molecule has 3 nitrogen and oxygen atoms in total. The minimum atomic E-state index is -0.532. The van der Waals surface area contributed by atoms with Crippen LogP contribution in [0, 0.1) is 0 Å². The van der Waals surface area contributed by atoms with Gasteiger partial charge in [-0.2, -0.15) is 0 Å². The lowest BCUT2D eigenvalue weighted by atomic mass is 10.0. The predicted molar refractivity (Wildman–Crippen MR) is 110 cm³/mol. The molecule has 0 saturated heterocycles. The molecule has 0 bridgehead atoms. The van der Waals surface area contributed by atoms with Gasteiger partial charge >= 0.3 is 0 Å². The maximum Gasteiger partial charge on any atom is 0.164 e. The lowest BCUT2D eigenvalue weighted by molar-refractivity contribution is 0.173. The zero-order chi connectivity index (χ0) is 18.2. The van der Waals surface area contributed by atoms with E-state index in [1.807, 2.05) is 0 Å². The van der Waals surface area contributed by atoms with Crippen LogP contribution in [0.2, 0.25) is 0 Å². The number of unbranched alkanes of at least 4 members (excludes halogenated alkanes) is 13. The Bertz CT molecular complexity index is 365. The van der Waals surface area contributed by atoms with E-state index < -0.39 is 6.23 Å². The zero-order valence-corrected chi connectivity index (χ0v) is 16.9. The number of rotatable bonds is 16. The van der Waals surface area contributed by atoms with Gasteiger partial charge in [0.2, 0.25) is 0 Å². The molecule has 1 aliphatic heterocycles. The van der Waals surface area contributed by atoms with Gasteiger partial charge in [-0.05, 0) is 25.8 Å². The molecule has 0 saturated carbocycles. The molecule has 0 aromatic heterocycles. The summed E-state index contributed by atoms with van der Waals surface area (Å²) in [5.74, 6) is 0.949. The van der Waals surface area contributed by atoms with Crippen LogP contribution in [0.3, 0.4) is 0 Å². The van der Waals surface area contributed by atoms with Crippen molar-refractivity contribution in [3.05, 3.63) is 12.2 Å². The van der Waals surface area contributed by atoms with Crippen LogP contribution in [0.15, 0.2) is 17.1 Å². The normalized spacial score (nSPS) is 17.6. The van der Waals surface area contributed by atoms with Crippen LogP contribution in [0.5, 0.6) is 0 Å². The number of hydrogen-bond acceptors (Lipinski definition) is 3. The summed E-state index contributed by atoms with van der Waals surface area (Å²) in [7, 11) is 0.